The number of primary amides is 1. The van der Waals surface area contributed by atoms with E-state index in [2.05, 4.69) is 4.74 Å². The molecule has 1 aromatic carbocycles. The molecule has 1 amide bonds. The summed E-state index contributed by atoms with van der Waals surface area (Å²) in [6, 6.07) is 4.07. The summed E-state index contributed by atoms with van der Waals surface area (Å²) in [5.41, 5.74) is 5.51. The van der Waals surface area contributed by atoms with Crippen molar-refractivity contribution in [2.45, 2.75) is 12.2 Å². The van der Waals surface area contributed by atoms with Crippen molar-refractivity contribution in [1.29, 1.82) is 0 Å². The lowest BCUT2D eigenvalue weighted by molar-refractivity contribution is -0.130. The Hall–Kier alpha value is -2.09. The second-order valence-corrected chi connectivity index (χ2v) is 3.95. The predicted molar refractivity (Wildman–Crippen MR) is 63.8 cm³/mol. The quantitative estimate of drug-likeness (QED) is 0.797. The van der Waals surface area contributed by atoms with Gasteiger partial charge in [0.25, 0.3) is 0 Å². The van der Waals surface area contributed by atoms with Crippen molar-refractivity contribution >= 4 is 11.9 Å². The number of methoxy groups -OCH3 is 1. The molecule has 0 saturated heterocycles. The normalized spacial score (nSPS) is 12.8. The third kappa shape index (κ3) is 4.54. The summed E-state index contributed by atoms with van der Waals surface area (Å²) in [5, 5.41) is 2.02. The number of carbonyl (C=O) groups excluding carboxylic acids is 2. The highest BCUT2D eigenvalue weighted by Gasteiger charge is 2.30. The minimum Gasteiger partial charge on any atom is -0.465 e. The first kappa shape index (κ1) is 16.0. The van der Waals surface area contributed by atoms with Crippen LogP contribution in [-0.2, 0) is 9.53 Å². The van der Waals surface area contributed by atoms with E-state index in [0.29, 0.717) is 0 Å². The number of hydrogen-bond donors (Lipinski definition) is 2. The Morgan fingerprint density at radius 2 is 1.85 bits per heavy atom. The Morgan fingerprint density at radius 3 is 2.25 bits per heavy atom. The number of alkyl halides is 3. The molecule has 0 aliphatic heterocycles. The van der Waals surface area contributed by atoms with E-state index in [-0.39, 0.29) is 11.1 Å². The van der Waals surface area contributed by atoms with Crippen LogP contribution in [0.2, 0.25) is 0 Å². The summed E-state index contributed by atoms with van der Waals surface area (Å²) in [4.78, 5) is 22.4. The maximum Gasteiger partial charge on any atom is 0.401 e. The predicted octanol–water partition coefficient (Wildman–Crippen LogP) is 1.15. The number of ether oxygens (including phenoxy) is 1. The van der Waals surface area contributed by atoms with Crippen molar-refractivity contribution in [3.63, 3.8) is 0 Å². The molecule has 1 aromatic rings. The van der Waals surface area contributed by atoms with Gasteiger partial charge in [-0.15, -0.1) is 0 Å². The summed E-state index contributed by atoms with van der Waals surface area (Å²) in [5.74, 6) is -1.53. The minimum absolute atomic E-state index is 0.218. The molecule has 0 heterocycles. The summed E-state index contributed by atoms with van der Waals surface area (Å²) in [6.45, 7) is -1.35. The van der Waals surface area contributed by atoms with Crippen LogP contribution in [0.4, 0.5) is 13.2 Å². The molecule has 110 valence electrons. The fraction of sp³-hybridized carbons (Fsp3) is 0.333. The summed E-state index contributed by atoms with van der Waals surface area (Å²) < 4.78 is 40.9. The highest BCUT2D eigenvalue weighted by molar-refractivity contribution is 5.89. The van der Waals surface area contributed by atoms with Crippen LogP contribution in [0.5, 0.6) is 0 Å². The first-order valence-corrected chi connectivity index (χ1v) is 5.52. The van der Waals surface area contributed by atoms with Gasteiger partial charge >= 0.3 is 12.1 Å². The van der Waals surface area contributed by atoms with Gasteiger partial charge in [0.15, 0.2) is 0 Å². The van der Waals surface area contributed by atoms with Crippen LogP contribution in [0.15, 0.2) is 24.3 Å². The zero-order valence-corrected chi connectivity index (χ0v) is 10.5. The van der Waals surface area contributed by atoms with Crippen molar-refractivity contribution in [2.75, 3.05) is 13.7 Å². The van der Waals surface area contributed by atoms with Crippen molar-refractivity contribution in [3.05, 3.63) is 35.4 Å². The van der Waals surface area contributed by atoms with E-state index >= 15 is 0 Å². The minimum atomic E-state index is -4.46. The van der Waals surface area contributed by atoms with Crippen molar-refractivity contribution < 1.29 is 27.5 Å². The maximum absolute atomic E-state index is 12.1. The van der Waals surface area contributed by atoms with Gasteiger partial charge < -0.3 is 10.5 Å². The van der Waals surface area contributed by atoms with Crippen LogP contribution < -0.4 is 11.1 Å². The third-order valence-corrected chi connectivity index (χ3v) is 2.46. The van der Waals surface area contributed by atoms with Crippen LogP contribution in [0.3, 0.4) is 0 Å². The van der Waals surface area contributed by atoms with Gasteiger partial charge in [-0.3, -0.25) is 10.1 Å². The van der Waals surface area contributed by atoms with E-state index in [4.69, 9.17) is 5.73 Å². The molecular formula is C12H13F3N2O3. The molecule has 3 N–H and O–H groups in total. The van der Waals surface area contributed by atoms with Crippen LogP contribution in [0, 0.1) is 0 Å². The average molecular weight is 290 g/mol. The molecule has 0 aliphatic rings. The van der Waals surface area contributed by atoms with E-state index in [9.17, 15) is 22.8 Å². The molecule has 0 aromatic heterocycles. The second-order valence-electron chi connectivity index (χ2n) is 3.95. The van der Waals surface area contributed by atoms with Crippen molar-refractivity contribution in [1.82, 2.24) is 5.32 Å². The van der Waals surface area contributed by atoms with E-state index in [1.807, 2.05) is 5.32 Å². The summed E-state index contributed by atoms with van der Waals surface area (Å²) in [6.07, 6.45) is -4.46. The SMILES string of the molecule is COC(=O)c1ccc(C(NCC(F)(F)F)C(N)=O)cc1. The van der Waals surface area contributed by atoms with E-state index in [1.54, 1.807) is 0 Å². The molecule has 1 atom stereocenters. The van der Waals surface area contributed by atoms with Gasteiger partial charge in [0, 0.05) is 0 Å². The van der Waals surface area contributed by atoms with Crippen LogP contribution >= 0.6 is 0 Å². The van der Waals surface area contributed by atoms with Crippen LogP contribution in [0.1, 0.15) is 22.0 Å². The monoisotopic (exact) mass is 290 g/mol. The number of rotatable bonds is 5. The molecule has 0 spiro atoms. The first-order valence-electron chi connectivity index (χ1n) is 5.52. The lowest BCUT2D eigenvalue weighted by Crippen LogP contribution is -2.39. The molecule has 20 heavy (non-hydrogen) atoms. The van der Waals surface area contributed by atoms with Gasteiger partial charge in [0.05, 0.1) is 19.2 Å². The first-order chi connectivity index (χ1) is 9.24. The maximum atomic E-state index is 12.1. The van der Waals surface area contributed by atoms with Gasteiger partial charge in [0.1, 0.15) is 6.04 Å². The molecular weight excluding hydrogens is 277 g/mol. The van der Waals surface area contributed by atoms with E-state index < -0.39 is 30.6 Å². The molecule has 0 aliphatic carbocycles. The molecule has 0 saturated carbocycles. The topological polar surface area (TPSA) is 81.4 Å². The third-order valence-electron chi connectivity index (χ3n) is 2.46. The van der Waals surface area contributed by atoms with Gasteiger partial charge in [-0.05, 0) is 17.7 Å². The average Bonchev–Trinajstić information content (AvgIpc) is 2.37. The largest absolute Gasteiger partial charge is 0.465 e. The molecule has 1 unspecified atom stereocenters. The number of amides is 1. The highest BCUT2D eigenvalue weighted by atomic mass is 19.4. The number of carbonyl (C=O) groups is 2. The lowest BCUT2D eigenvalue weighted by Gasteiger charge is -2.17. The number of benzene rings is 1. The number of hydrogen-bond acceptors (Lipinski definition) is 4. The molecule has 1 rings (SSSR count). The number of halogens is 3. The van der Waals surface area contributed by atoms with E-state index in [0.717, 1.165) is 0 Å². The standard InChI is InChI=1S/C12H13F3N2O3/c1-20-11(19)8-4-2-7(3-5-8)9(10(16)18)17-6-12(13,14)15/h2-5,9,17H,6H2,1H3,(H2,16,18). The Balaban J connectivity index is 2.87. The van der Waals surface area contributed by atoms with Gasteiger partial charge in [-0.25, -0.2) is 4.79 Å². The Kier molecular flexibility index (Phi) is 5.09. The Morgan fingerprint density at radius 1 is 1.30 bits per heavy atom. The summed E-state index contributed by atoms with van der Waals surface area (Å²) >= 11 is 0. The fourth-order valence-corrected chi connectivity index (χ4v) is 1.53. The van der Waals surface area contributed by atoms with Gasteiger partial charge in [-0.2, -0.15) is 13.2 Å². The molecule has 8 heteroatoms. The zero-order valence-electron chi connectivity index (χ0n) is 10.5. The van der Waals surface area contributed by atoms with Crippen LogP contribution in [-0.4, -0.2) is 31.7 Å². The van der Waals surface area contributed by atoms with Crippen LogP contribution in [0.25, 0.3) is 0 Å². The summed E-state index contributed by atoms with van der Waals surface area (Å²) in [7, 11) is 1.20. The smallest absolute Gasteiger partial charge is 0.401 e. The van der Waals surface area contributed by atoms with Crippen molar-refractivity contribution in [2.24, 2.45) is 5.73 Å². The zero-order chi connectivity index (χ0) is 15.3. The Bertz CT molecular complexity index is 486. The molecule has 0 radical (unpaired) electrons. The molecule has 0 fully saturated rings. The molecule has 5 nitrogen and oxygen atoms in total. The number of nitrogens with one attached hydrogen (secondary N) is 1. The van der Waals surface area contributed by atoms with Gasteiger partial charge in [-0.1, -0.05) is 12.1 Å². The Labute approximate surface area is 112 Å². The van der Waals surface area contributed by atoms with E-state index in [1.165, 1.54) is 31.4 Å². The highest BCUT2D eigenvalue weighted by Crippen LogP contribution is 2.18. The lowest BCUT2D eigenvalue weighted by atomic mass is 10.0. The van der Waals surface area contributed by atoms with Crippen molar-refractivity contribution in [3.8, 4) is 0 Å². The fourth-order valence-electron chi connectivity index (χ4n) is 1.53. The number of nitrogens with two attached hydrogens (primary N) is 1. The second kappa shape index (κ2) is 6.38. The molecule has 0 bridgehead atoms. The number of esters is 1. The van der Waals surface area contributed by atoms with Gasteiger partial charge in [0.2, 0.25) is 5.91 Å².